The van der Waals surface area contributed by atoms with Crippen LogP contribution in [0.1, 0.15) is 30.4 Å². The third kappa shape index (κ3) is 2.42. The predicted molar refractivity (Wildman–Crippen MR) is 73.8 cm³/mol. The molecular weight excluding hydrogens is 294 g/mol. The van der Waals surface area contributed by atoms with Gasteiger partial charge in [-0.3, -0.25) is 0 Å². The largest absolute Gasteiger partial charge is 0.493 e. The van der Waals surface area contributed by atoms with Gasteiger partial charge in [0.25, 0.3) is 0 Å². The molecule has 2 N–H and O–H groups in total. The molecule has 0 amide bonds. The van der Waals surface area contributed by atoms with Crippen molar-refractivity contribution in [3.05, 3.63) is 27.7 Å². The molecule has 0 bridgehead atoms. The first-order valence-electron chi connectivity index (χ1n) is 6.59. The molecule has 2 aliphatic rings. The number of hydrogen-bond donors (Lipinski definition) is 2. The van der Waals surface area contributed by atoms with E-state index in [2.05, 4.69) is 33.4 Å². The van der Waals surface area contributed by atoms with E-state index >= 15 is 0 Å². The molecule has 18 heavy (non-hydrogen) atoms. The number of aliphatic hydroxyl groups is 1. The zero-order chi connectivity index (χ0) is 12.5. The highest BCUT2D eigenvalue weighted by Crippen LogP contribution is 2.33. The Morgan fingerprint density at radius 1 is 1.39 bits per heavy atom. The molecule has 3 nitrogen and oxygen atoms in total. The third-order valence-corrected chi connectivity index (χ3v) is 4.32. The summed E-state index contributed by atoms with van der Waals surface area (Å²) in [6.07, 6.45) is 3.91. The van der Waals surface area contributed by atoms with Crippen molar-refractivity contribution in [1.82, 2.24) is 5.32 Å². The minimum Gasteiger partial charge on any atom is -0.493 e. The number of ether oxygens (including phenoxy) is 1. The van der Waals surface area contributed by atoms with Crippen LogP contribution >= 0.6 is 15.9 Å². The molecule has 1 aromatic carbocycles. The Kier molecular flexibility index (Phi) is 3.59. The maximum Gasteiger partial charge on any atom is 0.127 e. The second-order valence-corrected chi connectivity index (χ2v) is 6.05. The van der Waals surface area contributed by atoms with Crippen LogP contribution in [0.2, 0.25) is 0 Å². The molecule has 1 fully saturated rings. The molecule has 2 atom stereocenters. The van der Waals surface area contributed by atoms with Crippen LogP contribution in [0.4, 0.5) is 0 Å². The summed E-state index contributed by atoms with van der Waals surface area (Å²) >= 11 is 3.55. The van der Waals surface area contributed by atoms with E-state index in [4.69, 9.17) is 4.74 Å². The van der Waals surface area contributed by atoms with E-state index in [1.807, 2.05) is 0 Å². The lowest BCUT2D eigenvalue weighted by Gasteiger charge is -2.17. The number of fused-ring (bicyclic) bond motifs is 1. The SMILES string of the molecule is O[C@@H]1CCC[C@@H]1NCc1cc(Br)cc2c1OCC2. The third-order valence-electron chi connectivity index (χ3n) is 3.86. The van der Waals surface area contributed by atoms with Gasteiger partial charge in [-0.15, -0.1) is 0 Å². The Morgan fingerprint density at radius 2 is 2.28 bits per heavy atom. The maximum absolute atomic E-state index is 9.81. The van der Waals surface area contributed by atoms with Crippen LogP contribution < -0.4 is 10.1 Å². The number of hydrogen-bond acceptors (Lipinski definition) is 3. The van der Waals surface area contributed by atoms with E-state index in [0.29, 0.717) is 0 Å². The quantitative estimate of drug-likeness (QED) is 0.900. The summed E-state index contributed by atoms with van der Waals surface area (Å²) in [5.74, 6) is 1.04. The fraction of sp³-hybridized carbons (Fsp3) is 0.571. The van der Waals surface area contributed by atoms with Crippen molar-refractivity contribution in [1.29, 1.82) is 0 Å². The molecule has 1 aliphatic carbocycles. The molecule has 1 aromatic rings. The van der Waals surface area contributed by atoms with Crippen molar-refractivity contribution in [2.45, 2.75) is 44.4 Å². The lowest BCUT2D eigenvalue weighted by atomic mass is 10.1. The van der Waals surface area contributed by atoms with Gasteiger partial charge in [-0.25, -0.2) is 0 Å². The van der Waals surface area contributed by atoms with Crippen LogP contribution in [0.15, 0.2) is 16.6 Å². The van der Waals surface area contributed by atoms with Gasteiger partial charge >= 0.3 is 0 Å². The van der Waals surface area contributed by atoms with Gasteiger partial charge in [0.1, 0.15) is 5.75 Å². The normalized spacial score (nSPS) is 26.1. The van der Waals surface area contributed by atoms with Gasteiger partial charge in [0.15, 0.2) is 0 Å². The van der Waals surface area contributed by atoms with E-state index in [1.165, 1.54) is 11.1 Å². The second kappa shape index (κ2) is 5.19. The Hall–Kier alpha value is -0.580. The lowest BCUT2D eigenvalue weighted by molar-refractivity contribution is 0.148. The minimum absolute atomic E-state index is 0.189. The van der Waals surface area contributed by atoms with Gasteiger partial charge in [-0.1, -0.05) is 15.9 Å². The van der Waals surface area contributed by atoms with Gasteiger partial charge in [0, 0.05) is 29.0 Å². The first-order valence-corrected chi connectivity index (χ1v) is 7.39. The summed E-state index contributed by atoms with van der Waals surface area (Å²) in [4.78, 5) is 0. The van der Waals surface area contributed by atoms with Crippen LogP contribution in [0.5, 0.6) is 5.75 Å². The average Bonchev–Trinajstić information content (AvgIpc) is 2.94. The molecular formula is C14H18BrNO2. The molecule has 4 heteroatoms. The van der Waals surface area contributed by atoms with Crippen LogP contribution in [-0.4, -0.2) is 23.9 Å². The molecule has 0 aromatic heterocycles. The van der Waals surface area contributed by atoms with E-state index in [-0.39, 0.29) is 12.1 Å². The van der Waals surface area contributed by atoms with Crippen molar-refractivity contribution in [3.63, 3.8) is 0 Å². The monoisotopic (exact) mass is 311 g/mol. The predicted octanol–water partition coefficient (Wildman–Crippen LogP) is 2.39. The number of aliphatic hydroxyl groups excluding tert-OH is 1. The van der Waals surface area contributed by atoms with Gasteiger partial charge in [-0.05, 0) is 37.0 Å². The van der Waals surface area contributed by atoms with Crippen LogP contribution in [0.25, 0.3) is 0 Å². The maximum atomic E-state index is 9.81. The number of halogens is 1. The second-order valence-electron chi connectivity index (χ2n) is 5.14. The van der Waals surface area contributed by atoms with Gasteiger partial charge in [0.05, 0.1) is 12.7 Å². The van der Waals surface area contributed by atoms with E-state index in [9.17, 15) is 5.11 Å². The van der Waals surface area contributed by atoms with Crippen molar-refractivity contribution in [2.75, 3.05) is 6.61 Å². The van der Waals surface area contributed by atoms with Crippen LogP contribution in [0.3, 0.4) is 0 Å². The van der Waals surface area contributed by atoms with E-state index < -0.39 is 0 Å². The summed E-state index contributed by atoms with van der Waals surface area (Å²) in [5, 5.41) is 13.3. The smallest absolute Gasteiger partial charge is 0.127 e. The van der Waals surface area contributed by atoms with Gasteiger partial charge in [-0.2, -0.15) is 0 Å². The molecule has 98 valence electrons. The topological polar surface area (TPSA) is 41.5 Å². The minimum atomic E-state index is -0.189. The summed E-state index contributed by atoms with van der Waals surface area (Å²) in [7, 11) is 0. The first-order chi connectivity index (χ1) is 8.74. The molecule has 1 aliphatic heterocycles. The summed E-state index contributed by atoms with van der Waals surface area (Å²) in [6.45, 7) is 1.55. The number of benzene rings is 1. The Bertz CT molecular complexity index is 450. The summed E-state index contributed by atoms with van der Waals surface area (Å²) in [5.41, 5.74) is 2.48. The standard InChI is InChI=1S/C14H18BrNO2/c15-11-6-9-4-5-18-14(9)10(7-11)8-16-12-2-1-3-13(12)17/h6-7,12-13,16-17H,1-5,8H2/t12-,13+/m0/s1. The average molecular weight is 312 g/mol. The van der Waals surface area contributed by atoms with Crippen LogP contribution in [-0.2, 0) is 13.0 Å². The fourth-order valence-corrected chi connectivity index (χ4v) is 3.45. The Labute approximate surface area is 116 Å². The zero-order valence-corrected chi connectivity index (χ0v) is 11.9. The van der Waals surface area contributed by atoms with Gasteiger partial charge in [0.2, 0.25) is 0 Å². The van der Waals surface area contributed by atoms with Crippen molar-refractivity contribution >= 4 is 15.9 Å². The Morgan fingerprint density at radius 3 is 3.06 bits per heavy atom. The zero-order valence-electron chi connectivity index (χ0n) is 10.3. The molecule has 1 heterocycles. The Balaban J connectivity index is 1.73. The lowest BCUT2D eigenvalue weighted by Crippen LogP contribution is -2.35. The van der Waals surface area contributed by atoms with Crippen molar-refractivity contribution in [2.24, 2.45) is 0 Å². The highest BCUT2D eigenvalue weighted by atomic mass is 79.9. The highest BCUT2D eigenvalue weighted by molar-refractivity contribution is 9.10. The number of rotatable bonds is 3. The van der Waals surface area contributed by atoms with E-state index in [1.54, 1.807) is 0 Å². The van der Waals surface area contributed by atoms with Gasteiger partial charge < -0.3 is 15.2 Å². The van der Waals surface area contributed by atoms with Crippen LogP contribution in [0, 0.1) is 0 Å². The van der Waals surface area contributed by atoms with Crippen molar-refractivity contribution in [3.8, 4) is 5.75 Å². The molecule has 0 unspecified atom stereocenters. The molecule has 0 saturated heterocycles. The number of nitrogens with one attached hydrogen (secondary N) is 1. The molecule has 1 saturated carbocycles. The van der Waals surface area contributed by atoms with E-state index in [0.717, 1.165) is 49.1 Å². The summed E-state index contributed by atoms with van der Waals surface area (Å²) in [6, 6.07) is 4.48. The van der Waals surface area contributed by atoms with Crippen molar-refractivity contribution < 1.29 is 9.84 Å². The fourth-order valence-electron chi connectivity index (χ4n) is 2.90. The highest BCUT2D eigenvalue weighted by Gasteiger charge is 2.25. The molecule has 0 spiro atoms. The molecule has 3 rings (SSSR count). The first kappa shape index (κ1) is 12.5. The summed E-state index contributed by atoms with van der Waals surface area (Å²) < 4.78 is 6.81. The molecule has 0 radical (unpaired) electrons.